The van der Waals surface area contributed by atoms with Crippen molar-refractivity contribution in [3.05, 3.63) is 137 Å². The summed E-state index contributed by atoms with van der Waals surface area (Å²) in [5, 5.41) is 24.8. The van der Waals surface area contributed by atoms with Crippen LogP contribution in [0.1, 0.15) is 34.0 Å². The van der Waals surface area contributed by atoms with E-state index in [-0.39, 0.29) is 5.91 Å². The number of amides is 1. The molecule has 1 aliphatic carbocycles. The first-order valence-electron chi connectivity index (χ1n) is 12.0. The highest BCUT2D eigenvalue weighted by atomic mass is 16.1. The molecule has 0 saturated heterocycles. The smallest absolute Gasteiger partial charge is 0.256 e. The Labute approximate surface area is 215 Å². The molecule has 1 heterocycles. The van der Waals surface area contributed by atoms with Gasteiger partial charge in [0.05, 0.1) is 17.7 Å². The summed E-state index contributed by atoms with van der Waals surface area (Å²) < 4.78 is 0. The SMILES string of the molecule is CC1(c2ccccc2)C=CC2=C(C=C1C#N)c1ccc(C#N)c3c(-c4ccccc4)ccc(c13)C(=O)N2. The van der Waals surface area contributed by atoms with E-state index < -0.39 is 5.41 Å². The van der Waals surface area contributed by atoms with Gasteiger partial charge in [0.25, 0.3) is 5.91 Å². The maximum atomic E-state index is 13.5. The van der Waals surface area contributed by atoms with Crippen molar-refractivity contribution >= 4 is 22.3 Å². The summed E-state index contributed by atoms with van der Waals surface area (Å²) in [4.78, 5) is 13.5. The Hall–Kier alpha value is -5.19. The van der Waals surface area contributed by atoms with Crippen LogP contribution in [-0.4, -0.2) is 5.91 Å². The van der Waals surface area contributed by atoms with Gasteiger partial charge in [-0.1, -0.05) is 78.9 Å². The van der Waals surface area contributed by atoms with Crippen LogP contribution in [0.15, 0.2) is 114 Å². The molecule has 174 valence electrons. The van der Waals surface area contributed by atoms with Crippen molar-refractivity contribution in [1.29, 1.82) is 10.5 Å². The molecule has 0 aromatic heterocycles. The molecule has 1 N–H and O–H groups in total. The molecule has 4 heteroatoms. The highest BCUT2D eigenvalue weighted by Gasteiger charge is 2.33. The van der Waals surface area contributed by atoms with Crippen LogP contribution in [0, 0.1) is 22.7 Å². The van der Waals surface area contributed by atoms with E-state index in [0.717, 1.165) is 33.2 Å². The molecule has 0 saturated carbocycles. The van der Waals surface area contributed by atoms with E-state index in [1.807, 2.05) is 104 Å². The lowest BCUT2D eigenvalue weighted by molar-refractivity contribution is 0.0969. The third-order valence-electron chi connectivity index (χ3n) is 7.36. The van der Waals surface area contributed by atoms with Gasteiger partial charge in [-0.05, 0) is 53.5 Å². The van der Waals surface area contributed by atoms with Crippen LogP contribution in [0.5, 0.6) is 0 Å². The number of hydrogen-bond donors (Lipinski definition) is 1. The van der Waals surface area contributed by atoms with E-state index in [1.54, 1.807) is 6.07 Å². The summed E-state index contributed by atoms with van der Waals surface area (Å²) in [7, 11) is 0. The molecule has 1 unspecified atom stereocenters. The molecule has 0 spiro atoms. The Bertz CT molecular complexity index is 1780. The van der Waals surface area contributed by atoms with Gasteiger partial charge in [-0.2, -0.15) is 10.5 Å². The first-order chi connectivity index (χ1) is 18.0. The van der Waals surface area contributed by atoms with E-state index in [1.165, 1.54) is 0 Å². The first kappa shape index (κ1) is 22.3. The van der Waals surface area contributed by atoms with Crippen LogP contribution in [0.25, 0.3) is 27.5 Å². The second-order valence-electron chi connectivity index (χ2n) is 9.40. The fourth-order valence-electron chi connectivity index (χ4n) is 5.37. The molecule has 37 heavy (non-hydrogen) atoms. The highest BCUT2D eigenvalue weighted by molar-refractivity contribution is 6.18. The molecule has 4 aromatic rings. The quantitative estimate of drug-likeness (QED) is 0.346. The summed E-state index contributed by atoms with van der Waals surface area (Å²) >= 11 is 0. The summed E-state index contributed by atoms with van der Waals surface area (Å²) in [6.45, 7) is 2.01. The van der Waals surface area contributed by atoms with Gasteiger partial charge in [0.15, 0.2) is 0 Å². The van der Waals surface area contributed by atoms with Gasteiger partial charge >= 0.3 is 0 Å². The number of allylic oxidation sites excluding steroid dienone is 5. The minimum Gasteiger partial charge on any atom is -0.321 e. The average Bonchev–Trinajstić information content (AvgIpc) is 3.16. The third-order valence-corrected chi connectivity index (χ3v) is 7.36. The summed E-state index contributed by atoms with van der Waals surface area (Å²) in [6.07, 6.45) is 5.76. The van der Waals surface area contributed by atoms with E-state index >= 15 is 0 Å². The lowest BCUT2D eigenvalue weighted by Gasteiger charge is -2.25. The first-order valence-corrected chi connectivity index (χ1v) is 12.0. The average molecular weight is 476 g/mol. The molecule has 4 aromatic carbocycles. The largest absolute Gasteiger partial charge is 0.321 e. The molecule has 2 aliphatic rings. The van der Waals surface area contributed by atoms with E-state index in [0.29, 0.717) is 27.8 Å². The lowest BCUT2D eigenvalue weighted by atomic mass is 9.75. The zero-order valence-electron chi connectivity index (χ0n) is 20.1. The predicted molar refractivity (Wildman–Crippen MR) is 145 cm³/mol. The fraction of sp³-hybridized carbons (Fsp3) is 0.0606. The number of nitriles is 2. The molecule has 0 radical (unpaired) electrons. The molecule has 1 aliphatic heterocycles. The predicted octanol–water partition coefficient (Wildman–Crippen LogP) is 6.81. The molecule has 6 rings (SSSR count). The number of nitrogens with one attached hydrogen (secondary N) is 1. The van der Waals surface area contributed by atoms with E-state index in [2.05, 4.69) is 17.5 Å². The van der Waals surface area contributed by atoms with Gasteiger partial charge in [-0.15, -0.1) is 0 Å². The van der Waals surface area contributed by atoms with Crippen LogP contribution in [0.4, 0.5) is 0 Å². The number of nitrogens with zero attached hydrogens (tertiary/aromatic N) is 2. The minimum atomic E-state index is -0.673. The molecular weight excluding hydrogens is 454 g/mol. The van der Waals surface area contributed by atoms with Crippen LogP contribution < -0.4 is 5.32 Å². The van der Waals surface area contributed by atoms with Crippen LogP contribution in [0.3, 0.4) is 0 Å². The van der Waals surface area contributed by atoms with Crippen molar-refractivity contribution < 1.29 is 4.79 Å². The van der Waals surface area contributed by atoms with Gasteiger partial charge in [0, 0.05) is 38.6 Å². The van der Waals surface area contributed by atoms with Gasteiger partial charge < -0.3 is 5.32 Å². The lowest BCUT2D eigenvalue weighted by Crippen LogP contribution is -2.22. The number of hydrogen-bond acceptors (Lipinski definition) is 3. The minimum absolute atomic E-state index is 0.245. The second kappa shape index (κ2) is 8.48. The Kier molecular flexibility index (Phi) is 5.11. The molecule has 1 amide bonds. The van der Waals surface area contributed by atoms with Crippen molar-refractivity contribution in [2.24, 2.45) is 0 Å². The monoisotopic (exact) mass is 475 g/mol. The molecule has 4 nitrogen and oxygen atoms in total. The van der Waals surface area contributed by atoms with Crippen LogP contribution in [-0.2, 0) is 5.41 Å². The number of rotatable bonds is 2. The normalized spacial score (nSPS) is 18.1. The Morgan fingerprint density at radius 3 is 2.14 bits per heavy atom. The Balaban J connectivity index is 1.69. The van der Waals surface area contributed by atoms with Crippen molar-refractivity contribution in [3.8, 4) is 23.3 Å². The summed E-state index contributed by atoms with van der Waals surface area (Å²) in [6, 6.07) is 31.9. The van der Waals surface area contributed by atoms with E-state index in [4.69, 9.17) is 0 Å². The van der Waals surface area contributed by atoms with Crippen molar-refractivity contribution in [3.63, 3.8) is 0 Å². The Morgan fingerprint density at radius 1 is 0.757 bits per heavy atom. The van der Waals surface area contributed by atoms with Gasteiger partial charge in [-0.25, -0.2) is 0 Å². The summed E-state index contributed by atoms with van der Waals surface area (Å²) in [5.41, 5.74) is 5.91. The van der Waals surface area contributed by atoms with Crippen molar-refractivity contribution in [2.45, 2.75) is 12.3 Å². The molecule has 1 atom stereocenters. The zero-order valence-corrected chi connectivity index (χ0v) is 20.1. The van der Waals surface area contributed by atoms with Gasteiger partial charge in [0.1, 0.15) is 0 Å². The topological polar surface area (TPSA) is 76.7 Å². The number of carbonyl (C=O) groups excluding carboxylic acids is 1. The number of carbonyl (C=O) groups is 1. The highest BCUT2D eigenvalue weighted by Crippen LogP contribution is 2.43. The fourth-order valence-corrected chi connectivity index (χ4v) is 5.37. The maximum Gasteiger partial charge on any atom is 0.256 e. The summed E-state index contributed by atoms with van der Waals surface area (Å²) in [5.74, 6) is -0.245. The maximum absolute atomic E-state index is 13.5. The second-order valence-corrected chi connectivity index (χ2v) is 9.40. The van der Waals surface area contributed by atoms with Crippen LogP contribution >= 0.6 is 0 Å². The molecule has 0 bridgehead atoms. The Morgan fingerprint density at radius 2 is 1.43 bits per heavy atom. The third kappa shape index (κ3) is 3.39. The van der Waals surface area contributed by atoms with Gasteiger partial charge in [0.2, 0.25) is 0 Å². The number of fused-ring (bicyclic) bond motifs is 1. The zero-order chi connectivity index (χ0) is 25.6. The molecular formula is C33H21N3O. The standard InChI is InChI=1S/C33H21N3O/c1-33(23-10-6-3-7-11-23)17-16-29-28(18-24(33)20-35)26-13-12-22(19-34)30-25(21-8-4-2-5-9-21)14-15-27(31(26)30)32(37)36-29/h2-18H,1H3,(H,36,37). The van der Waals surface area contributed by atoms with E-state index in [9.17, 15) is 15.3 Å². The van der Waals surface area contributed by atoms with Crippen LogP contribution in [0.2, 0.25) is 0 Å². The van der Waals surface area contributed by atoms with Crippen molar-refractivity contribution in [1.82, 2.24) is 5.32 Å². The molecule has 0 fully saturated rings. The number of benzene rings is 4. The van der Waals surface area contributed by atoms with Crippen molar-refractivity contribution in [2.75, 3.05) is 0 Å². The van der Waals surface area contributed by atoms with Gasteiger partial charge in [-0.3, -0.25) is 4.79 Å².